The van der Waals surface area contributed by atoms with E-state index in [2.05, 4.69) is 6.92 Å². The Kier molecular flexibility index (Phi) is 16.8. The molecule has 170 valence electrons. The zero-order valence-electron chi connectivity index (χ0n) is 19.2. The first-order valence-electron chi connectivity index (χ1n) is 12.1. The number of hydrogen-bond acceptors (Lipinski definition) is 4. The molecule has 5 N–H and O–H groups in total. The molecular weight excluding hydrogens is 368 g/mol. The van der Waals surface area contributed by atoms with Gasteiger partial charge in [-0.2, -0.15) is 0 Å². The molecule has 0 heterocycles. The number of nitrogens with zero attached hydrogens (tertiary/aromatic N) is 1. The molecule has 0 aromatic rings. The van der Waals surface area contributed by atoms with Gasteiger partial charge in [-0.25, -0.2) is 0 Å². The SMILES string of the molecule is CCCCCCCCCCCCCCCCCC(N)[N+](C)(CCC)[Si](O)(O)O. The van der Waals surface area contributed by atoms with Gasteiger partial charge in [-0.3, -0.25) is 5.73 Å². The van der Waals surface area contributed by atoms with Crippen molar-refractivity contribution in [3.63, 3.8) is 0 Å². The van der Waals surface area contributed by atoms with E-state index < -0.39 is 15.1 Å². The number of rotatable bonds is 20. The fourth-order valence-corrected chi connectivity index (χ4v) is 5.11. The van der Waals surface area contributed by atoms with Crippen molar-refractivity contribution >= 4 is 8.97 Å². The second-order valence-electron chi connectivity index (χ2n) is 8.90. The van der Waals surface area contributed by atoms with Crippen LogP contribution < -0.4 is 5.73 Å². The van der Waals surface area contributed by atoms with E-state index in [0.29, 0.717) is 6.54 Å². The van der Waals surface area contributed by atoms with Crippen molar-refractivity contribution in [2.45, 2.75) is 129 Å². The van der Waals surface area contributed by atoms with Gasteiger partial charge in [0.2, 0.25) is 0 Å². The lowest BCUT2D eigenvalue weighted by Crippen LogP contribution is -2.73. The van der Waals surface area contributed by atoms with E-state index >= 15 is 0 Å². The van der Waals surface area contributed by atoms with Crippen molar-refractivity contribution < 1.29 is 18.5 Å². The van der Waals surface area contributed by atoms with Crippen LogP contribution in [0.2, 0.25) is 0 Å². The molecule has 0 aliphatic heterocycles. The molecule has 0 aromatic carbocycles. The van der Waals surface area contributed by atoms with Crippen molar-refractivity contribution in [2.24, 2.45) is 5.73 Å². The molecule has 0 aromatic heterocycles. The second kappa shape index (κ2) is 16.8. The average molecular weight is 420 g/mol. The molecule has 0 rings (SSSR count). The molecule has 2 atom stereocenters. The van der Waals surface area contributed by atoms with Crippen LogP contribution >= 0.6 is 0 Å². The molecule has 0 bridgehead atoms. The highest BCUT2D eigenvalue weighted by molar-refractivity contribution is 6.47. The Labute approximate surface area is 176 Å². The molecule has 6 heteroatoms. The number of unbranched alkanes of at least 4 members (excludes halogenated alkanes) is 14. The maximum absolute atomic E-state index is 9.81. The van der Waals surface area contributed by atoms with Crippen molar-refractivity contribution in [1.82, 2.24) is 0 Å². The van der Waals surface area contributed by atoms with Crippen molar-refractivity contribution in [3.8, 4) is 0 Å². The smallest absolute Gasteiger partial charge is 0.341 e. The maximum Gasteiger partial charge on any atom is 0.777 e. The van der Waals surface area contributed by atoms with Crippen LogP contribution in [0.5, 0.6) is 0 Å². The van der Waals surface area contributed by atoms with Crippen LogP contribution in [0.1, 0.15) is 123 Å². The summed E-state index contributed by atoms with van der Waals surface area (Å²) >= 11 is 0. The first kappa shape index (κ1) is 28.0. The zero-order valence-corrected chi connectivity index (χ0v) is 20.2. The molecule has 0 aliphatic carbocycles. The van der Waals surface area contributed by atoms with Gasteiger partial charge in [-0.15, -0.1) is 0 Å². The molecular formula is C22H51N2O3Si+. The van der Waals surface area contributed by atoms with Gasteiger partial charge in [0, 0.05) is 6.42 Å². The molecule has 0 fully saturated rings. The predicted molar refractivity (Wildman–Crippen MR) is 121 cm³/mol. The van der Waals surface area contributed by atoms with Crippen LogP contribution in [0.4, 0.5) is 0 Å². The fourth-order valence-electron chi connectivity index (χ4n) is 4.01. The van der Waals surface area contributed by atoms with Crippen LogP contribution in [-0.2, 0) is 0 Å². The van der Waals surface area contributed by atoms with Gasteiger partial charge in [0.1, 0.15) is 6.17 Å². The third kappa shape index (κ3) is 12.6. The summed E-state index contributed by atoms with van der Waals surface area (Å²) in [5, 5.41) is 0. The van der Waals surface area contributed by atoms with Gasteiger partial charge in [0.05, 0.1) is 13.6 Å². The maximum atomic E-state index is 9.81. The zero-order chi connectivity index (χ0) is 21.3. The molecule has 5 nitrogen and oxygen atoms in total. The van der Waals surface area contributed by atoms with E-state index in [0.717, 1.165) is 25.7 Å². The largest absolute Gasteiger partial charge is 0.777 e. The number of quaternary nitrogens is 1. The summed E-state index contributed by atoms with van der Waals surface area (Å²) in [7, 11) is -2.62. The van der Waals surface area contributed by atoms with Gasteiger partial charge in [0.15, 0.2) is 0 Å². The second-order valence-corrected chi connectivity index (χ2v) is 11.1. The van der Waals surface area contributed by atoms with E-state index in [1.54, 1.807) is 7.05 Å². The van der Waals surface area contributed by atoms with Crippen LogP contribution in [0.25, 0.3) is 0 Å². The van der Waals surface area contributed by atoms with E-state index in [1.165, 1.54) is 83.5 Å². The summed E-state index contributed by atoms with van der Waals surface area (Å²) in [4.78, 5) is 29.4. The molecule has 0 amide bonds. The standard InChI is InChI=1S/C22H51N2O3Si/c1-4-6-7-8-9-10-11-12-13-14-15-16-17-18-19-20-22(23)24(3,21-5-2)28(25,26)27/h22,25-27H,4-21,23H2,1-3H3/q+1. The molecule has 0 saturated heterocycles. The highest BCUT2D eigenvalue weighted by atomic mass is 28.4. The number of hydrogen-bond donors (Lipinski definition) is 4. The molecule has 28 heavy (non-hydrogen) atoms. The molecule has 0 radical (unpaired) electrons. The predicted octanol–water partition coefficient (Wildman–Crippen LogP) is 4.80. The first-order valence-corrected chi connectivity index (χ1v) is 13.9. The molecule has 2 unspecified atom stereocenters. The minimum Gasteiger partial charge on any atom is -0.341 e. The Hall–Kier alpha value is 0.0169. The molecule has 0 aliphatic rings. The molecule has 0 spiro atoms. The normalized spacial score (nSPS) is 15.5. The lowest BCUT2D eigenvalue weighted by atomic mass is 10.0. The highest BCUT2D eigenvalue weighted by Crippen LogP contribution is 2.20. The average Bonchev–Trinajstić information content (AvgIpc) is 2.63. The summed E-state index contributed by atoms with van der Waals surface area (Å²) in [5.41, 5.74) is 6.21. The minimum atomic E-state index is -4.29. The van der Waals surface area contributed by atoms with Crippen molar-refractivity contribution in [2.75, 3.05) is 13.6 Å². The Balaban J connectivity index is 3.56. The fraction of sp³-hybridized carbons (Fsp3) is 1.00. The summed E-state index contributed by atoms with van der Waals surface area (Å²) in [5.74, 6) is 0. The van der Waals surface area contributed by atoms with E-state index in [4.69, 9.17) is 5.73 Å². The van der Waals surface area contributed by atoms with E-state index in [1.807, 2.05) is 6.92 Å². The van der Waals surface area contributed by atoms with Gasteiger partial charge < -0.3 is 18.5 Å². The van der Waals surface area contributed by atoms with Gasteiger partial charge >= 0.3 is 8.97 Å². The van der Waals surface area contributed by atoms with Crippen LogP contribution in [0.15, 0.2) is 0 Å². The number of nitrogens with two attached hydrogens (primary N) is 1. The van der Waals surface area contributed by atoms with Crippen LogP contribution in [0, 0.1) is 0 Å². The monoisotopic (exact) mass is 419 g/mol. The van der Waals surface area contributed by atoms with Gasteiger partial charge in [-0.1, -0.05) is 104 Å². The minimum absolute atomic E-state index is 0.192. The summed E-state index contributed by atoms with van der Waals surface area (Å²) < 4.78 is -0.192. The van der Waals surface area contributed by atoms with Crippen molar-refractivity contribution in [3.05, 3.63) is 0 Å². The Morgan fingerprint density at radius 3 is 1.32 bits per heavy atom. The topological polar surface area (TPSA) is 86.7 Å². The summed E-state index contributed by atoms with van der Waals surface area (Å²) in [6.45, 7) is 4.74. The van der Waals surface area contributed by atoms with Gasteiger partial charge in [0.25, 0.3) is 0 Å². The van der Waals surface area contributed by atoms with Crippen molar-refractivity contribution in [1.29, 1.82) is 0 Å². The highest BCUT2D eigenvalue weighted by Gasteiger charge is 2.56. The van der Waals surface area contributed by atoms with E-state index in [-0.39, 0.29) is 4.15 Å². The quantitative estimate of drug-likeness (QED) is 0.130. The van der Waals surface area contributed by atoms with Crippen LogP contribution in [-0.4, -0.2) is 47.3 Å². The van der Waals surface area contributed by atoms with Gasteiger partial charge in [-0.05, 0) is 12.8 Å². The Morgan fingerprint density at radius 1 is 0.643 bits per heavy atom. The molecule has 0 saturated carbocycles. The summed E-state index contributed by atoms with van der Waals surface area (Å²) in [6.07, 6.45) is 21.0. The third-order valence-corrected chi connectivity index (χ3v) is 8.13. The lowest BCUT2D eigenvalue weighted by Gasteiger charge is -2.42. The third-order valence-electron chi connectivity index (χ3n) is 6.21. The lowest BCUT2D eigenvalue weighted by molar-refractivity contribution is -0.864. The first-order chi connectivity index (χ1) is 13.3. The van der Waals surface area contributed by atoms with E-state index in [9.17, 15) is 14.4 Å². The Morgan fingerprint density at radius 2 is 1.00 bits per heavy atom. The van der Waals surface area contributed by atoms with Crippen LogP contribution in [0.3, 0.4) is 0 Å². The Bertz CT molecular complexity index is 353. The summed E-state index contributed by atoms with van der Waals surface area (Å²) in [6, 6.07) is 0.